The molecule has 1 heterocycles. The van der Waals surface area contributed by atoms with Crippen LogP contribution in [0.4, 0.5) is 0 Å². The van der Waals surface area contributed by atoms with Gasteiger partial charge in [-0.3, -0.25) is 14.5 Å². The van der Waals surface area contributed by atoms with Crippen LogP contribution in [0.1, 0.15) is 61.1 Å². The summed E-state index contributed by atoms with van der Waals surface area (Å²) in [6.07, 6.45) is 2.34. The normalized spacial score (nSPS) is 15.2. The van der Waals surface area contributed by atoms with Crippen LogP contribution in [0.3, 0.4) is 0 Å². The number of ether oxygens (including phenoxy) is 1. The van der Waals surface area contributed by atoms with E-state index in [1.807, 2.05) is 24.3 Å². The fourth-order valence-corrected chi connectivity index (χ4v) is 3.99. The van der Waals surface area contributed by atoms with Crippen LogP contribution < -0.4 is 15.4 Å². The molecule has 0 saturated carbocycles. The second-order valence-electron chi connectivity index (χ2n) is 9.35. The average Bonchev–Trinajstić information content (AvgIpc) is 3.32. The van der Waals surface area contributed by atoms with Gasteiger partial charge >= 0.3 is 0 Å². The lowest BCUT2D eigenvalue weighted by Crippen LogP contribution is -2.41. The molecule has 0 bridgehead atoms. The van der Waals surface area contributed by atoms with Crippen LogP contribution >= 0.6 is 0 Å². The first-order valence-corrected chi connectivity index (χ1v) is 11.3. The van der Waals surface area contributed by atoms with Gasteiger partial charge in [0.05, 0.1) is 19.7 Å². The number of hydrogen-bond acceptors (Lipinski definition) is 4. The molecule has 1 aliphatic heterocycles. The van der Waals surface area contributed by atoms with Crippen LogP contribution in [0.15, 0.2) is 48.5 Å². The van der Waals surface area contributed by atoms with Gasteiger partial charge < -0.3 is 15.4 Å². The second kappa shape index (κ2) is 10.6. The number of carbonyl (C=O) groups excluding carboxylic acids is 2. The van der Waals surface area contributed by atoms with E-state index in [-0.39, 0.29) is 29.8 Å². The molecule has 2 amide bonds. The number of nitrogens with zero attached hydrogens (tertiary/aromatic N) is 1. The third-order valence-corrected chi connectivity index (χ3v) is 6.00. The van der Waals surface area contributed by atoms with Crippen molar-refractivity contribution in [1.82, 2.24) is 15.5 Å². The number of nitrogens with one attached hydrogen (secondary N) is 2. The van der Waals surface area contributed by atoms with Crippen LogP contribution in [-0.2, 0) is 10.2 Å². The van der Waals surface area contributed by atoms with Gasteiger partial charge in [-0.2, -0.15) is 0 Å². The monoisotopic (exact) mass is 437 g/mol. The van der Waals surface area contributed by atoms with E-state index in [0.29, 0.717) is 12.1 Å². The highest BCUT2D eigenvalue weighted by molar-refractivity contribution is 5.96. The Bertz CT molecular complexity index is 895. The fourth-order valence-electron chi connectivity index (χ4n) is 3.99. The summed E-state index contributed by atoms with van der Waals surface area (Å²) in [7, 11) is 1.65. The maximum absolute atomic E-state index is 12.5. The topological polar surface area (TPSA) is 70.7 Å². The van der Waals surface area contributed by atoms with E-state index in [2.05, 4.69) is 48.4 Å². The van der Waals surface area contributed by atoms with Gasteiger partial charge in [0.2, 0.25) is 5.91 Å². The number of likely N-dealkylation sites (tertiary alicyclic amines) is 1. The lowest BCUT2D eigenvalue weighted by molar-refractivity contribution is -0.120. The molecule has 3 rings (SSSR count). The quantitative estimate of drug-likeness (QED) is 0.661. The summed E-state index contributed by atoms with van der Waals surface area (Å²) in [5.41, 5.74) is 2.90. The Labute approximate surface area is 191 Å². The molecule has 2 aromatic rings. The number of methoxy groups -OCH3 is 1. The zero-order valence-electron chi connectivity index (χ0n) is 19.6. The molecule has 1 fully saturated rings. The van der Waals surface area contributed by atoms with Crippen LogP contribution in [0.5, 0.6) is 5.75 Å². The first kappa shape index (κ1) is 23.8. The Morgan fingerprint density at radius 3 is 2.16 bits per heavy atom. The summed E-state index contributed by atoms with van der Waals surface area (Å²) in [5, 5.41) is 5.72. The maximum Gasteiger partial charge on any atom is 0.251 e. The molecule has 32 heavy (non-hydrogen) atoms. The van der Waals surface area contributed by atoms with Crippen molar-refractivity contribution in [2.24, 2.45) is 0 Å². The molecule has 1 atom stereocenters. The van der Waals surface area contributed by atoms with Crippen molar-refractivity contribution < 1.29 is 14.3 Å². The molecule has 1 unspecified atom stereocenters. The predicted octanol–water partition coefficient (Wildman–Crippen LogP) is 3.68. The van der Waals surface area contributed by atoms with E-state index >= 15 is 0 Å². The molecule has 2 aromatic carbocycles. The van der Waals surface area contributed by atoms with E-state index in [1.165, 1.54) is 18.4 Å². The number of benzene rings is 2. The Hall–Kier alpha value is -2.86. The zero-order chi connectivity index (χ0) is 23.1. The molecule has 0 spiro atoms. The van der Waals surface area contributed by atoms with Crippen molar-refractivity contribution >= 4 is 11.8 Å². The molecule has 6 heteroatoms. The first-order valence-electron chi connectivity index (χ1n) is 11.3. The summed E-state index contributed by atoms with van der Waals surface area (Å²) >= 11 is 0. The molecule has 0 radical (unpaired) electrons. The second-order valence-corrected chi connectivity index (χ2v) is 9.35. The van der Waals surface area contributed by atoms with Crippen molar-refractivity contribution in [1.29, 1.82) is 0 Å². The van der Waals surface area contributed by atoms with E-state index < -0.39 is 0 Å². The molecule has 2 N–H and O–H groups in total. The fraction of sp³-hybridized carbons (Fsp3) is 0.462. The van der Waals surface area contributed by atoms with Crippen molar-refractivity contribution in [3.63, 3.8) is 0 Å². The molecule has 0 aromatic heterocycles. The summed E-state index contributed by atoms with van der Waals surface area (Å²) < 4.78 is 5.26. The third kappa shape index (κ3) is 6.33. The van der Waals surface area contributed by atoms with Crippen LogP contribution in [0.2, 0.25) is 0 Å². The molecule has 172 valence electrons. The minimum absolute atomic E-state index is 0.0324. The lowest BCUT2D eigenvalue weighted by Gasteiger charge is -2.28. The van der Waals surface area contributed by atoms with Crippen LogP contribution in [0, 0.1) is 0 Å². The van der Waals surface area contributed by atoms with Gasteiger partial charge in [0.15, 0.2) is 0 Å². The van der Waals surface area contributed by atoms with Gasteiger partial charge in [-0.05, 0) is 66.7 Å². The summed E-state index contributed by atoms with van der Waals surface area (Å²) in [5.74, 6) is 0.380. The average molecular weight is 438 g/mol. The first-order chi connectivity index (χ1) is 15.3. The Balaban J connectivity index is 1.53. The molecular weight excluding hydrogens is 402 g/mol. The minimum atomic E-state index is -0.244. The van der Waals surface area contributed by atoms with E-state index in [9.17, 15) is 9.59 Å². The number of rotatable bonds is 8. The molecular formula is C26H35N3O3. The molecule has 6 nitrogen and oxygen atoms in total. The SMILES string of the molecule is COc1ccc(C(CNC(=O)CNC(=O)c2ccc(C(C)(C)C)cc2)N2CCCC2)cc1. The van der Waals surface area contributed by atoms with Gasteiger partial charge in [0, 0.05) is 12.1 Å². The summed E-state index contributed by atoms with van der Waals surface area (Å²) in [4.78, 5) is 27.3. The molecule has 0 aliphatic carbocycles. The summed E-state index contributed by atoms with van der Waals surface area (Å²) in [6, 6.07) is 15.6. The van der Waals surface area contributed by atoms with Gasteiger partial charge in [0.25, 0.3) is 5.91 Å². The van der Waals surface area contributed by atoms with E-state index in [0.717, 1.165) is 24.4 Å². The van der Waals surface area contributed by atoms with Gasteiger partial charge in [-0.15, -0.1) is 0 Å². The number of carbonyl (C=O) groups is 2. The molecule has 1 aliphatic rings. The molecule has 1 saturated heterocycles. The van der Waals surface area contributed by atoms with Crippen molar-refractivity contribution in [3.8, 4) is 5.75 Å². The number of amides is 2. The van der Waals surface area contributed by atoms with Gasteiger partial charge in [-0.1, -0.05) is 45.0 Å². The lowest BCUT2D eigenvalue weighted by atomic mass is 9.87. The highest BCUT2D eigenvalue weighted by Gasteiger charge is 2.24. The van der Waals surface area contributed by atoms with E-state index in [4.69, 9.17) is 4.74 Å². The Morgan fingerprint density at radius 1 is 0.969 bits per heavy atom. The predicted molar refractivity (Wildman–Crippen MR) is 127 cm³/mol. The zero-order valence-corrected chi connectivity index (χ0v) is 19.6. The summed E-state index contributed by atoms with van der Waals surface area (Å²) in [6.45, 7) is 8.90. The maximum atomic E-state index is 12.5. The largest absolute Gasteiger partial charge is 0.497 e. The highest BCUT2D eigenvalue weighted by Crippen LogP contribution is 2.26. The van der Waals surface area contributed by atoms with Crippen LogP contribution in [0.25, 0.3) is 0 Å². The third-order valence-electron chi connectivity index (χ3n) is 6.00. The standard InChI is InChI=1S/C26H35N3O3/c1-26(2,3)21-11-7-20(8-12-21)25(31)28-18-24(30)27-17-23(29-15-5-6-16-29)19-9-13-22(32-4)14-10-19/h7-14,23H,5-6,15-18H2,1-4H3,(H,27,30)(H,28,31). The van der Waals surface area contributed by atoms with Gasteiger partial charge in [-0.25, -0.2) is 0 Å². The minimum Gasteiger partial charge on any atom is -0.497 e. The van der Waals surface area contributed by atoms with E-state index in [1.54, 1.807) is 19.2 Å². The van der Waals surface area contributed by atoms with Crippen molar-refractivity contribution in [2.75, 3.05) is 33.3 Å². The van der Waals surface area contributed by atoms with Crippen molar-refractivity contribution in [2.45, 2.75) is 45.1 Å². The van der Waals surface area contributed by atoms with Crippen molar-refractivity contribution in [3.05, 3.63) is 65.2 Å². The number of hydrogen-bond donors (Lipinski definition) is 2. The Morgan fingerprint density at radius 2 is 1.59 bits per heavy atom. The Kier molecular flexibility index (Phi) is 7.91. The smallest absolute Gasteiger partial charge is 0.251 e. The van der Waals surface area contributed by atoms with Crippen LogP contribution in [-0.4, -0.2) is 50.0 Å². The van der Waals surface area contributed by atoms with Gasteiger partial charge in [0.1, 0.15) is 5.75 Å². The highest BCUT2D eigenvalue weighted by atomic mass is 16.5.